The van der Waals surface area contributed by atoms with Gasteiger partial charge in [0.1, 0.15) is 5.75 Å². The van der Waals surface area contributed by atoms with Crippen molar-refractivity contribution in [2.75, 3.05) is 13.2 Å². The number of nitrogens with zero attached hydrogens (tertiary/aromatic N) is 2. The van der Waals surface area contributed by atoms with Crippen LogP contribution in [0.1, 0.15) is 12.5 Å². The second-order valence-corrected chi connectivity index (χ2v) is 7.44. The maximum atomic E-state index is 12.3. The summed E-state index contributed by atoms with van der Waals surface area (Å²) in [6.45, 7) is 2.76. The Morgan fingerprint density at radius 2 is 1.81 bits per heavy atom. The molecule has 0 radical (unpaired) electrons. The van der Waals surface area contributed by atoms with Crippen molar-refractivity contribution < 1.29 is 13.2 Å². The van der Waals surface area contributed by atoms with Crippen LogP contribution >= 0.6 is 0 Å². The van der Waals surface area contributed by atoms with E-state index < -0.39 is 10.0 Å². The lowest BCUT2D eigenvalue weighted by molar-refractivity contribution is 0.340. The number of sulfonamides is 1. The van der Waals surface area contributed by atoms with Gasteiger partial charge in [-0.05, 0) is 61.4 Å². The smallest absolute Gasteiger partial charge is 0.240 e. The van der Waals surface area contributed by atoms with Gasteiger partial charge in [0.15, 0.2) is 0 Å². The maximum Gasteiger partial charge on any atom is 0.240 e. The van der Waals surface area contributed by atoms with E-state index in [1.807, 2.05) is 43.5 Å². The fourth-order valence-corrected chi connectivity index (χ4v) is 3.56. The van der Waals surface area contributed by atoms with Crippen molar-refractivity contribution >= 4 is 10.0 Å². The quantitative estimate of drug-likeness (QED) is 0.661. The van der Waals surface area contributed by atoms with Crippen molar-refractivity contribution in [2.24, 2.45) is 0 Å². The number of benzene rings is 2. The average molecular weight is 371 g/mol. The minimum atomic E-state index is -3.53. The zero-order valence-corrected chi connectivity index (χ0v) is 15.3. The third-order valence-corrected chi connectivity index (χ3v) is 5.33. The van der Waals surface area contributed by atoms with Crippen LogP contribution in [0.25, 0.3) is 5.69 Å². The monoisotopic (exact) mass is 371 g/mol. The molecular weight excluding hydrogens is 350 g/mol. The van der Waals surface area contributed by atoms with E-state index in [4.69, 9.17) is 4.74 Å². The molecular formula is C19H21N3O3S. The van der Waals surface area contributed by atoms with Crippen molar-refractivity contribution in [1.29, 1.82) is 0 Å². The van der Waals surface area contributed by atoms with Crippen LogP contribution in [-0.4, -0.2) is 31.3 Å². The minimum absolute atomic E-state index is 0.231. The number of nitrogens with one attached hydrogen (secondary N) is 1. The zero-order chi connectivity index (χ0) is 18.4. The number of rotatable bonds is 8. The third kappa shape index (κ3) is 4.50. The van der Waals surface area contributed by atoms with Crippen LogP contribution in [0.15, 0.2) is 71.9 Å². The lowest BCUT2D eigenvalue weighted by Gasteiger charge is -2.09. The highest BCUT2D eigenvalue weighted by Crippen LogP contribution is 2.16. The Morgan fingerprint density at radius 1 is 1.08 bits per heavy atom. The van der Waals surface area contributed by atoms with Gasteiger partial charge in [-0.2, -0.15) is 5.10 Å². The van der Waals surface area contributed by atoms with Gasteiger partial charge in [-0.15, -0.1) is 0 Å². The van der Waals surface area contributed by atoms with E-state index in [2.05, 4.69) is 9.82 Å². The summed E-state index contributed by atoms with van der Waals surface area (Å²) in [6, 6.07) is 16.1. The molecule has 3 aromatic rings. The number of aromatic nitrogens is 2. The molecule has 26 heavy (non-hydrogen) atoms. The minimum Gasteiger partial charge on any atom is -0.494 e. The molecule has 0 spiro atoms. The Morgan fingerprint density at radius 3 is 2.42 bits per heavy atom. The second-order valence-electron chi connectivity index (χ2n) is 5.67. The summed E-state index contributed by atoms with van der Waals surface area (Å²) in [4.78, 5) is 0.231. The Kier molecular flexibility index (Phi) is 5.70. The maximum absolute atomic E-state index is 12.3. The summed E-state index contributed by atoms with van der Waals surface area (Å²) < 4.78 is 34.4. The van der Waals surface area contributed by atoms with Crippen LogP contribution in [0, 0.1) is 0 Å². The van der Waals surface area contributed by atoms with Crippen molar-refractivity contribution in [2.45, 2.75) is 18.2 Å². The zero-order valence-electron chi connectivity index (χ0n) is 14.5. The first-order valence-electron chi connectivity index (χ1n) is 8.40. The molecule has 0 fully saturated rings. The van der Waals surface area contributed by atoms with Crippen molar-refractivity contribution in [3.05, 3.63) is 72.6 Å². The van der Waals surface area contributed by atoms with Gasteiger partial charge in [0.25, 0.3) is 0 Å². The van der Waals surface area contributed by atoms with Crippen LogP contribution in [0.5, 0.6) is 5.75 Å². The van der Waals surface area contributed by atoms with Crippen LogP contribution in [-0.2, 0) is 16.4 Å². The lowest BCUT2D eigenvalue weighted by Crippen LogP contribution is -2.26. The summed E-state index contributed by atoms with van der Waals surface area (Å²) in [6.07, 6.45) is 4.21. The van der Waals surface area contributed by atoms with Gasteiger partial charge in [0.05, 0.1) is 17.2 Å². The molecule has 0 bridgehead atoms. The van der Waals surface area contributed by atoms with Crippen molar-refractivity contribution in [3.8, 4) is 11.4 Å². The van der Waals surface area contributed by atoms with Gasteiger partial charge in [0.2, 0.25) is 10.0 Å². The number of ether oxygens (including phenoxy) is 1. The molecule has 0 aliphatic heterocycles. The Bertz CT molecular complexity index is 919. The fraction of sp³-hybridized carbons (Fsp3) is 0.211. The average Bonchev–Trinajstić information content (AvgIpc) is 3.18. The van der Waals surface area contributed by atoms with Crippen LogP contribution in [0.2, 0.25) is 0 Å². The molecule has 0 saturated carbocycles. The fourth-order valence-electron chi connectivity index (χ4n) is 2.53. The van der Waals surface area contributed by atoms with Crippen LogP contribution in [0.4, 0.5) is 0 Å². The first-order chi connectivity index (χ1) is 12.6. The van der Waals surface area contributed by atoms with Gasteiger partial charge in [0, 0.05) is 18.9 Å². The highest BCUT2D eigenvalue weighted by molar-refractivity contribution is 7.89. The van der Waals surface area contributed by atoms with Gasteiger partial charge in [-0.3, -0.25) is 0 Å². The van der Waals surface area contributed by atoms with E-state index in [0.29, 0.717) is 25.3 Å². The van der Waals surface area contributed by atoms with Crippen LogP contribution < -0.4 is 9.46 Å². The highest BCUT2D eigenvalue weighted by atomic mass is 32.2. The largest absolute Gasteiger partial charge is 0.494 e. The lowest BCUT2D eigenvalue weighted by atomic mass is 10.1. The van der Waals surface area contributed by atoms with E-state index in [9.17, 15) is 8.42 Å². The molecule has 0 amide bonds. The number of hydrogen-bond donors (Lipinski definition) is 1. The van der Waals surface area contributed by atoms with Gasteiger partial charge in [-0.1, -0.05) is 12.1 Å². The Labute approximate surface area is 153 Å². The van der Waals surface area contributed by atoms with Gasteiger partial charge < -0.3 is 4.74 Å². The molecule has 2 aromatic carbocycles. The molecule has 0 unspecified atom stereocenters. The topological polar surface area (TPSA) is 73.2 Å². The summed E-state index contributed by atoms with van der Waals surface area (Å²) >= 11 is 0. The molecule has 136 valence electrons. The molecule has 0 aliphatic carbocycles. The van der Waals surface area contributed by atoms with E-state index in [1.165, 1.54) is 0 Å². The van der Waals surface area contributed by atoms with Crippen molar-refractivity contribution in [3.63, 3.8) is 0 Å². The molecule has 0 saturated heterocycles. The predicted molar refractivity (Wildman–Crippen MR) is 100 cm³/mol. The van der Waals surface area contributed by atoms with Crippen LogP contribution in [0.3, 0.4) is 0 Å². The van der Waals surface area contributed by atoms with Gasteiger partial charge in [-0.25, -0.2) is 17.8 Å². The Hall–Kier alpha value is -2.64. The van der Waals surface area contributed by atoms with E-state index in [1.54, 1.807) is 35.1 Å². The molecule has 1 heterocycles. The summed E-state index contributed by atoms with van der Waals surface area (Å²) in [5.74, 6) is 0.656. The molecule has 0 atom stereocenters. The number of hydrogen-bond acceptors (Lipinski definition) is 4. The predicted octanol–water partition coefficient (Wildman–Crippen LogP) is 2.79. The summed E-state index contributed by atoms with van der Waals surface area (Å²) in [7, 11) is -3.53. The highest BCUT2D eigenvalue weighted by Gasteiger charge is 2.13. The van der Waals surface area contributed by atoms with E-state index >= 15 is 0 Å². The van der Waals surface area contributed by atoms with E-state index in [-0.39, 0.29) is 4.90 Å². The summed E-state index contributed by atoms with van der Waals surface area (Å²) in [5.41, 5.74) is 2.02. The normalized spacial score (nSPS) is 11.4. The second kappa shape index (κ2) is 8.16. The SMILES string of the molecule is CCOc1ccc(S(=O)(=O)NCCc2ccc(-n3cccn3)cc2)cc1. The molecule has 6 nitrogen and oxygen atoms in total. The summed E-state index contributed by atoms with van der Waals surface area (Å²) in [5, 5.41) is 4.18. The van der Waals surface area contributed by atoms with E-state index in [0.717, 1.165) is 11.3 Å². The third-order valence-electron chi connectivity index (χ3n) is 3.86. The first-order valence-corrected chi connectivity index (χ1v) is 9.88. The molecule has 1 N–H and O–H groups in total. The van der Waals surface area contributed by atoms with Crippen molar-refractivity contribution in [1.82, 2.24) is 14.5 Å². The molecule has 1 aromatic heterocycles. The standard InChI is InChI=1S/C19H21N3O3S/c1-2-25-18-8-10-19(11-9-18)26(23,24)21-14-12-16-4-6-17(7-5-16)22-15-3-13-20-22/h3-11,13,15,21H,2,12,14H2,1H3. The first kappa shape index (κ1) is 18.2. The molecule has 3 rings (SSSR count). The molecule has 0 aliphatic rings. The van der Waals surface area contributed by atoms with Gasteiger partial charge >= 0.3 is 0 Å². The molecule has 7 heteroatoms. The Balaban J connectivity index is 1.56.